The lowest BCUT2D eigenvalue weighted by Crippen LogP contribution is -2.45. The summed E-state index contributed by atoms with van der Waals surface area (Å²) in [5.41, 5.74) is -0.121. The maximum absolute atomic E-state index is 12.4. The topological polar surface area (TPSA) is 90.5 Å². The van der Waals surface area contributed by atoms with E-state index in [4.69, 9.17) is 5.11 Å². The first-order valence-corrected chi connectivity index (χ1v) is 8.21. The number of carboxylic acids is 1. The molecule has 8 heteroatoms. The van der Waals surface area contributed by atoms with Gasteiger partial charge in [0.2, 0.25) is 10.0 Å². The molecule has 1 saturated heterocycles. The molecule has 0 amide bonds. The first-order chi connectivity index (χ1) is 8.72. The van der Waals surface area contributed by atoms with Crippen molar-refractivity contribution in [2.24, 2.45) is 0 Å². The molecular weight excluding hydrogens is 288 g/mol. The second-order valence-electron chi connectivity index (χ2n) is 5.00. The number of aromatic nitrogens is 1. The van der Waals surface area contributed by atoms with Crippen molar-refractivity contribution in [2.75, 3.05) is 18.8 Å². The first-order valence-electron chi connectivity index (χ1n) is 5.78. The number of hydrogen-bond acceptors (Lipinski definition) is 4. The molecule has 0 unspecified atom stereocenters. The van der Waals surface area contributed by atoms with E-state index in [1.54, 1.807) is 11.8 Å². The fourth-order valence-electron chi connectivity index (χ4n) is 1.97. The predicted octanol–water partition coefficient (Wildman–Crippen LogP) is 1.23. The number of nitrogens with zero attached hydrogens (tertiary/aromatic N) is 1. The van der Waals surface area contributed by atoms with Gasteiger partial charge in [0.25, 0.3) is 0 Å². The summed E-state index contributed by atoms with van der Waals surface area (Å²) in [6, 6.07) is 1.16. The Morgan fingerprint density at radius 2 is 2.21 bits per heavy atom. The Labute approximate surface area is 116 Å². The van der Waals surface area contributed by atoms with Crippen LogP contribution in [0.25, 0.3) is 0 Å². The van der Waals surface area contributed by atoms with Crippen molar-refractivity contribution in [3.63, 3.8) is 0 Å². The lowest BCUT2D eigenvalue weighted by atomic mass is 10.2. The van der Waals surface area contributed by atoms with E-state index in [0.717, 1.165) is 11.8 Å². The summed E-state index contributed by atoms with van der Waals surface area (Å²) in [7, 11) is -3.62. The molecule has 6 nitrogen and oxygen atoms in total. The largest absolute Gasteiger partial charge is 0.477 e. The van der Waals surface area contributed by atoms with E-state index in [1.165, 1.54) is 10.5 Å². The van der Waals surface area contributed by atoms with Crippen molar-refractivity contribution in [1.29, 1.82) is 0 Å². The second-order valence-corrected chi connectivity index (χ2v) is 8.74. The van der Waals surface area contributed by atoms with Crippen LogP contribution in [0.5, 0.6) is 0 Å². The van der Waals surface area contributed by atoms with Gasteiger partial charge in [0.05, 0.1) is 0 Å². The van der Waals surface area contributed by atoms with Crippen molar-refractivity contribution >= 4 is 27.8 Å². The van der Waals surface area contributed by atoms with Gasteiger partial charge in [-0.05, 0) is 19.9 Å². The molecule has 0 saturated carbocycles. The highest BCUT2D eigenvalue weighted by Gasteiger charge is 2.35. The highest BCUT2D eigenvalue weighted by Crippen LogP contribution is 2.32. The number of aromatic amines is 1. The van der Waals surface area contributed by atoms with Crippen LogP contribution in [0, 0.1) is 0 Å². The van der Waals surface area contributed by atoms with Crippen LogP contribution in [0.4, 0.5) is 0 Å². The van der Waals surface area contributed by atoms with Gasteiger partial charge < -0.3 is 10.1 Å². The zero-order valence-corrected chi connectivity index (χ0v) is 12.3. The Kier molecular flexibility index (Phi) is 3.67. The number of rotatable bonds is 3. The van der Waals surface area contributed by atoms with Crippen molar-refractivity contribution in [3.05, 3.63) is 18.0 Å². The summed E-state index contributed by atoms with van der Waals surface area (Å²) in [6.07, 6.45) is 1.23. The molecule has 0 spiro atoms. The predicted molar refractivity (Wildman–Crippen MR) is 73.0 cm³/mol. The summed E-state index contributed by atoms with van der Waals surface area (Å²) in [6.45, 7) is 4.87. The number of carboxylic acid groups (broad SMARTS) is 1. The minimum atomic E-state index is -3.62. The first kappa shape index (κ1) is 14.4. The summed E-state index contributed by atoms with van der Waals surface area (Å²) >= 11 is 1.74. The number of nitrogens with one attached hydrogen (secondary N) is 1. The fraction of sp³-hybridized carbons (Fsp3) is 0.545. The average molecular weight is 304 g/mol. The number of sulfonamides is 1. The van der Waals surface area contributed by atoms with Crippen LogP contribution < -0.4 is 0 Å². The Morgan fingerprint density at radius 1 is 1.53 bits per heavy atom. The summed E-state index contributed by atoms with van der Waals surface area (Å²) in [5.74, 6) is -0.432. The number of H-pyrrole nitrogens is 1. The number of hydrogen-bond donors (Lipinski definition) is 2. The Balaban J connectivity index is 2.28. The van der Waals surface area contributed by atoms with Gasteiger partial charge in [-0.3, -0.25) is 0 Å². The molecule has 2 N–H and O–H groups in total. The number of carbonyl (C=O) groups is 1. The third-order valence-corrected chi connectivity index (χ3v) is 6.04. The van der Waals surface area contributed by atoms with E-state index in [0.29, 0.717) is 13.1 Å². The molecule has 1 aliphatic heterocycles. The Morgan fingerprint density at radius 3 is 2.74 bits per heavy atom. The molecule has 19 heavy (non-hydrogen) atoms. The molecule has 2 heterocycles. The Bertz CT molecular complexity index is 592. The van der Waals surface area contributed by atoms with Gasteiger partial charge in [-0.15, -0.1) is 0 Å². The molecule has 1 aromatic heterocycles. The van der Waals surface area contributed by atoms with E-state index < -0.39 is 16.0 Å². The van der Waals surface area contributed by atoms with Crippen molar-refractivity contribution in [2.45, 2.75) is 23.5 Å². The molecular formula is C11H16N2O4S2. The third kappa shape index (κ3) is 2.96. The van der Waals surface area contributed by atoms with Gasteiger partial charge in [0, 0.05) is 29.8 Å². The van der Waals surface area contributed by atoms with Crippen LogP contribution in [-0.2, 0) is 10.0 Å². The molecule has 2 rings (SSSR count). The minimum Gasteiger partial charge on any atom is -0.477 e. The van der Waals surface area contributed by atoms with Crippen LogP contribution in [0.1, 0.15) is 24.3 Å². The van der Waals surface area contributed by atoms with Crippen LogP contribution >= 0.6 is 11.8 Å². The van der Waals surface area contributed by atoms with Crippen LogP contribution in [0.15, 0.2) is 17.2 Å². The molecule has 0 aromatic carbocycles. The molecule has 1 aliphatic rings. The molecule has 106 valence electrons. The van der Waals surface area contributed by atoms with E-state index in [9.17, 15) is 13.2 Å². The van der Waals surface area contributed by atoms with Gasteiger partial charge in [-0.2, -0.15) is 16.1 Å². The molecule has 0 aliphatic carbocycles. The van der Waals surface area contributed by atoms with Crippen molar-refractivity contribution < 1.29 is 18.3 Å². The maximum atomic E-state index is 12.4. The average Bonchev–Trinajstić information content (AvgIpc) is 2.77. The van der Waals surface area contributed by atoms with Crippen LogP contribution in [0.3, 0.4) is 0 Å². The van der Waals surface area contributed by atoms with Crippen molar-refractivity contribution in [3.8, 4) is 0 Å². The van der Waals surface area contributed by atoms with Crippen LogP contribution in [0.2, 0.25) is 0 Å². The van der Waals surface area contributed by atoms with Gasteiger partial charge in [0.1, 0.15) is 10.6 Å². The maximum Gasteiger partial charge on any atom is 0.352 e. The minimum absolute atomic E-state index is 0.00704. The van der Waals surface area contributed by atoms with Gasteiger partial charge >= 0.3 is 5.97 Å². The molecule has 0 radical (unpaired) electrons. The van der Waals surface area contributed by atoms with Crippen LogP contribution in [-0.4, -0.2) is 52.4 Å². The summed E-state index contributed by atoms with van der Waals surface area (Å²) in [4.78, 5) is 13.2. The zero-order valence-electron chi connectivity index (χ0n) is 10.7. The smallest absolute Gasteiger partial charge is 0.352 e. The summed E-state index contributed by atoms with van der Waals surface area (Å²) in [5, 5.41) is 8.81. The SMILES string of the molecule is CC1(C)CN(S(=O)(=O)c2c[nH]c(C(=O)O)c2)CCS1. The standard InChI is InChI=1S/C11H16N2O4S2/c1-11(2)7-13(3-4-18-11)19(16,17)8-5-9(10(14)15)12-6-8/h5-6,12H,3-4,7H2,1-2H3,(H,14,15). The van der Waals surface area contributed by atoms with E-state index in [2.05, 4.69) is 4.98 Å². The molecule has 0 bridgehead atoms. The lowest BCUT2D eigenvalue weighted by Gasteiger charge is -2.36. The zero-order chi connectivity index (χ0) is 14.3. The normalized spacial score (nSPS) is 20.3. The number of aromatic carboxylic acids is 1. The lowest BCUT2D eigenvalue weighted by molar-refractivity contribution is 0.0691. The monoisotopic (exact) mass is 304 g/mol. The Hall–Kier alpha value is -0.990. The third-order valence-electron chi connectivity index (χ3n) is 2.92. The van der Waals surface area contributed by atoms with E-state index in [1.807, 2.05) is 13.8 Å². The molecule has 1 aromatic rings. The quantitative estimate of drug-likeness (QED) is 0.876. The second kappa shape index (κ2) is 4.84. The molecule has 0 atom stereocenters. The fourth-order valence-corrected chi connectivity index (χ4v) is 4.88. The van der Waals surface area contributed by atoms with E-state index >= 15 is 0 Å². The van der Waals surface area contributed by atoms with E-state index in [-0.39, 0.29) is 15.3 Å². The van der Waals surface area contributed by atoms with Gasteiger partial charge in [0.15, 0.2) is 0 Å². The number of thioether (sulfide) groups is 1. The van der Waals surface area contributed by atoms with Gasteiger partial charge in [-0.1, -0.05) is 0 Å². The summed E-state index contributed by atoms with van der Waals surface area (Å²) < 4.78 is 26.1. The highest BCUT2D eigenvalue weighted by atomic mass is 32.2. The van der Waals surface area contributed by atoms with Crippen molar-refractivity contribution in [1.82, 2.24) is 9.29 Å². The van der Waals surface area contributed by atoms with Gasteiger partial charge in [-0.25, -0.2) is 13.2 Å². The highest BCUT2D eigenvalue weighted by molar-refractivity contribution is 8.00. The molecule has 1 fully saturated rings.